The first kappa shape index (κ1) is 25.5. The van der Waals surface area contributed by atoms with Crippen LogP contribution in [0.3, 0.4) is 0 Å². The molecule has 2 atom stereocenters. The Kier molecular flexibility index (Phi) is 7.77. The van der Waals surface area contributed by atoms with E-state index in [0.717, 1.165) is 0 Å². The molecule has 32 heavy (non-hydrogen) atoms. The molecule has 0 spiro atoms. The van der Waals surface area contributed by atoms with Crippen LogP contribution in [0.2, 0.25) is 0 Å². The van der Waals surface area contributed by atoms with Gasteiger partial charge in [-0.2, -0.15) is 0 Å². The predicted octanol–water partition coefficient (Wildman–Crippen LogP) is 2.22. The number of aliphatic hydroxyl groups is 1. The number of ether oxygens (including phenoxy) is 1. The molecule has 2 unspecified atom stereocenters. The molecular weight excluding hydrogens is 414 g/mol. The highest BCUT2D eigenvalue weighted by molar-refractivity contribution is 5.92. The second kappa shape index (κ2) is 9.77. The summed E-state index contributed by atoms with van der Waals surface area (Å²) in [6, 6.07) is 3.59. The molecule has 0 bridgehead atoms. The molecule has 1 fully saturated rings. The number of aliphatic hydroxyl groups excluding tert-OH is 1. The Morgan fingerprint density at radius 2 is 1.66 bits per heavy atom. The third kappa shape index (κ3) is 7.40. The maximum atomic E-state index is 13.5. The molecule has 0 saturated heterocycles. The van der Waals surface area contributed by atoms with Gasteiger partial charge in [-0.05, 0) is 72.1 Å². The molecule has 2 rings (SSSR count). The molecule has 3 amide bonds. The highest BCUT2D eigenvalue weighted by Gasteiger charge is 2.44. The van der Waals surface area contributed by atoms with Gasteiger partial charge in [0.15, 0.2) is 0 Å². The molecule has 9 nitrogen and oxygen atoms in total. The minimum absolute atomic E-state index is 0.0351. The monoisotopic (exact) mass is 449 g/mol. The predicted molar refractivity (Wildman–Crippen MR) is 119 cm³/mol. The highest BCUT2D eigenvalue weighted by atomic mass is 16.6. The lowest BCUT2D eigenvalue weighted by Gasteiger charge is -2.35. The number of benzene rings is 1. The molecule has 9 heteroatoms. The SMILES string of the molecule is CC(C)(C)NC(=O)C(c1ccc(O)cc1)N(C(=O)C(CO)NC(=O)OC(C)(C)C)C1CC1. The molecule has 1 aliphatic rings. The van der Waals surface area contributed by atoms with Crippen LogP contribution in [0.25, 0.3) is 0 Å². The average Bonchev–Trinajstić information content (AvgIpc) is 3.46. The molecule has 1 aromatic carbocycles. The summed E-state index contributed by atoms with van der Waals surface area (Å²) in [6.45, 7) is 9.93. The Balaban J connectivity index is 2.38. The van der Waals surface area contributed by atoms with Gasteiger partial charge in [0.05, 0.1) is 6.61 Å². The highest BCUT2D eigenvalue weighted by Crippen LogP contribution is 2.36. The number of rotatable bonds is 7. The molecule has 0 heterocycles. The molecule has 1 aliphatic carbocycles. The summed E-state index contributed by atoms with van der Waals surface area (Å²) in [5.41, 5.74) is -0.807. The smallest absolute Gasteiger partial charge is 0.408 e. The summed E-state index contributed by atoms with van der Waals surface area (Å²) < 4.78 is 5.21. The van der Waals surface area contributed by atoms with Gasteiger partial charge in [0.1, 0.15) is 23.4 Å². The molecule has 0 aromatic heterocycles. The first-order valence-electron chi connectivity index (χ1n) is 10.8. The number of amides is 3. The van der Waals surface area contributed by atoms with Gasteiger partial charge < -0.3 is 30.5 Å². The number of alkyl carbamates (subject to hydrolysis) is 1. The van der Waals surface area contributed by atoms with E-state index in [-0.39, 0.29) is 11.8 Å². The fourth-order valence-electron chi connectivity index (χ4n) is 3.22. The van der Waals surface area contributed by atoms with Crippen molar-refractivity contribution in [1.29, 1.82) is 0 Å². The van der Waals surface area contributed by atoms with Gasteiger partial charge in [-0.25, -0.2) is 4.79 Å². The maximum Gasteiger partial charge on any atom is 0.408 e. The number of phenolic OH excluding ortho intramolecular Hbond substituents is 1. The summed E-state index contributed by atoms with van der Waals surface area (Å²) in [4.78, 5) is 40.4. The summed E-state index contributed by atoms with van der Waals surface area (Å²) >= 11 is 0. The normalized spacial score (nSPS) is 16.0. The quantitative estimate of drug-likeness (QED) is 0.505. The third-order valence-corrected chi connectivity index (χ3v) is 4.60. The summed E-state index contributed by atoms with van der Waals surface area (Å²) in [5.74, 6) is -0.937. The van der Waals surface area contributed by atoms with Crippen molar-refractivity contribution in [3.8, 4) is 5.75 Å². The van der Waals surface area contributed by atoms with Crippen LogP contribution in [-0.2, 0) is 14.3 Å². The Hall–Kier alpha value is -2.81. The van der Waals surface area contributed by atoms with E-state index in [1.807, 2.05) is 20.8 Å². The largest absolute Gasteiger partial charge is 0.508 e. The first-order chi connectivity index (χ1) is 14.7. The molecule has 4 N–H and O–H groups in total. The van der Waals surface area contributed by atoms with Crippen LogP contribution >= 0.6 is 0 Å². The molecule has 1 saturated carbocycles. The van der Waals surface area contributed by atoms with E-state index in [1.165, 1.54) is 17.0 Å². The number of phenols is 1. The lowest BCUT2D eigenvalue weighted by molar-refractivity contribution is -0.144. The molecule has 1 aromatic rings. The van der Waals surface area contributed by atoms with Crippen LogP contribution in [0.15, 0.2) is 24.3 Å². The van der Waals surface area contributed by atoms with Gasteiger partial charge in [-0.15, -0.1) is 0 Å². The van der Waals surface area contributed by atoms with Crippen LogP contribution in [0.4, 0.5) is 4.79 Å². The van der Waals surface area contributed by atoms with Gasteiger partial charge in [-0.1, -0.05) is 12.1 Å². The zero-order valence-corrected chi connectivity index (χ0v) is 19.6. The lowest BCUT2D eigenvalue weighted by atomic mass is 10.0. The van der Waals surface area contributed by atoms with Crippen molar-refractivity contribution < 1.29 is 29.3 Å². The molecule has 178 valence electrons. The minimum Gasteiger partial charge on any atom is -0.508 e. The molecule has 0 aliphatic heterocycles. The zero-order chi connectivity index (χ0) is 24.3. The molecule has 0 radical (unpaired) electrons. The van der Waals surface area contributed by atoms with E-state index >= 15 is 0 Å². The lowest BCUT2D eigenvalue weighted by Crippen LogP contribution is -2.56. The Labute approximate surface area is 189 Å². The van der Waals surface area contributed by atoms with Crippen molar-refractivity contribution in [2.45, 2.75) is 83.6 Å². The van der Waals surface area contributed by atoms with Crippen molar-refractivity contribution in [3.63, 3.8) is 0 Å². The summed E-state index contributed by atoms with van der Waals surface area (Å²) in [7, 11) is 0. The standard InChI is InChI=1S/C23H35N3O6/c1-22(2,3)25-19(29)18(14-7-11-16(28)12-8-14)26(15-9-10-15)20(30)17(13-27)24-21(31)32-23(4,5)6/h7-8,11-12,15,17-18,27-28H,9-10,13H2,1-6H3,(H,24,31)(H,25,29). The maximum absolute atomic E-state index is 13.5. The minimum atomic E-state index is -1.27. The topological polar surface area (TPSA) is 128 Å². The van der Waals surface area contributed by atoms with Crippen molar-refractivity contribution in [2.24, 2.45) is 0 Å². The van der Waals surface area contributed by atoms with E-state index in [0.29, 0.717) is 18.4 Å². The van der Waals surface area contributed by atoms with Crippen molar-refractivity contribution in [3.05, 3.63) is 29.8 Å². The second-order valence-electron chi connectivity index (χ2n) is 10.1. The van der Waals surface area contributed by atoms with E-state index < -0.39 is 47.7 Å². The van der Waals surface area contributed by atoms with Crippen molar-refractivity contribution in [1.82, 2.24) is 15.5 Å². The van der Waals surface area contributed by atoms with E-state index in [4.69, 9.17) is 4.74 Å². The fraction of sp³-hybridized carbons (Fsp3) is 0.609. The number of aromatic hydroxyl groups is 1. The number of hydrogen-bond acceptors (Lipinski definition) is 6. The van der Waals surface area contributed by atoms with Crippen LogP contribution < -0.4 is 10.6 Å². The first-order valence-corrected chi connectivity index (χ1v) is 10.8. The van der Waals surface area contributed by atoms with Gasteiger partial charge in [-0.3, -0.25) is 9.59 Å². The van der Waals surface area contributed by atoms with E-state index in [9.17, 15) is 24.6 Å². The van der Waals surface area contributed by atoms with Crippen LogP contribution in [0, 0.1) is 0 Å². The summed E-state index contributed by atoms with van der Waals surface area (Å²) in [6.07, 6.45) is 0.572. The average molecular weight is 450 g/mol. The van der Waals surface area contributed by atoms with Crippen molar-refractivity contribution >= 4 is 17.9 Å². The van der Waals surface area contributed by atoms with Crippen LogP contribution in [-0.4, -0.2) is 62.9 Å². The van der Waals surface area contributed by atoms with Crippen LogP contribution in [0.1, 0.15) is 66.0 Å². The number of carbonyl (C=O) groups excluding carboxylic acids is 3. The van der Waals surface area contributed by atoms with E-state index in [1.54, 1.807) is 32.9 Å². The number of nitrogens with zero attached hydrogens (tertiary/aromatic N) is 1. The summed E-state index contributed by atoms with van der Waals surface area (Å²) in [5, 5.41) is 24.9. The van der Waals surface area contributed by atoms with Crippen LogP contribution in [0.5, 0.6) is 5.75 Å². The van der Waals surface area contributed by atoms with Gasteiger partial charge >= 0.3 is 6.09 Å². The van der Waals surface area contributed by atoms with Gasteiger partial charge in [0.2, 0.25) is 11.8 Å². The van der Waals surface area contributed by atoms with Crippen molar-refractivity contribution in [2.75, 3.05) is 6.61 Å². The number of hydrogen-bond donors (Lipinski definition) is 4. The fourth-order valence-corrected chi connectivity index (χ4v) is 3.22. The third-order valence-electron chi connectivity index (χ3n) is 4.60. The molecular formula is C23H35N3O6. The Morgan fingerprint density at radius 1 is 1.09 bits per heavy atom. The van der Waals surface area contributed by atoms with Gasteiger partial charge in [0, 0.05) is 11.6 Å². The Bertz CT molecular complexity index is 822. The number of carbonyl (C=O) groups is 3. The van der Waals surface area contributed by atoms with E-state index in [2.05, 4.69) is 10.6 Å². The van der Waals surface area contributed by atoms with Gasteiger partial charge in [0.25, 0.3) is 0 Å². The Morgan fingerprint density at radius 3 is 2.09 bits per heavy atom. The zero-order valence-electron chi connectivity index (χ0n) is 19.6. The number of nitrogens with one attached hydrogen (secondary N) is 2. The second-order valence-corrected chi connectivity index (χ2v) is 10.1.